The van der Waals surface area contributed by atoms with Gasteiger partial charge in [0.25, 0.3) is 0 Å². The number of nitrogens with one attached hydrogen (secondary N) is 1. The number of carbonyl (C=O) groups excluding carboxylic acids is 1. The van der Waals surface area contributed by atoms with Gasteiger partial charge in [0, 0.05) is 12.8 Å². The number of benzene rings is 1. The normalized spacial score (nSPS) is 17.8. The second-order valence-corrected chi connectivity index (χ2v) is 6.84. The van der Waals surface area contributed by atoms with Crippen molar-refractivity contribution in [2.75, 3.05) is 26.9 Å². The number of carbonyl (C=O) groups is 1. The van der Waals surface area contributed by atoms with Crippen molar-refractivity contribution in [2.24, 2.45) is 0 Å². The van der Waals surface area contributed by atoms with Crippen LogP contribution in [0.4, 0.5) is 0 Å². The number of methoxy groups -OCH3 is 1. The van der Waals surface area contributed by atoms with Crippen molar-refractivity contribution in [3.05, 3.63) is 53.8 Å². The molecule has 7 heteroatoms. The first-order valence-electron chi connectivity index (χ1n) is 9.24. The van der Waals surface area contributed by atoms with Crippen LogP contribution in [0.2, 0.25) is 0 Å². The van der Waals surface area contributed by atoms with E-state index in [-0.39, 0.29) is 12.0 Å². The third kappa shape index (κ3) is 4.91. The minimum atomic E-state index is -0.426. The van der Waals surface area contributed by atoms with Crippen molar-refractivity contribution in [1.82, 2.24) is 10.2 Å². The zero-order valence-corrected chi connectivity index (χ0v) is 17.7. The zero-order valence-electron chi connectivity index (χ0n) is 16.9. The average Bonchev–Trinajstić information content (AvgIpc) is 2.66. The summed E-state index contributed by atoms with van der Waals surface area (Å²) in [5.74, 6) is 0.327. The molecule has 0 aliphatic carbocycles. The Kier molecular flexibility index (Phi) is 8.02. The zero-order chi connectivity index (χ0) is 20.7. The Labute approximate surface area is 172 Å². The largest absolute Gasteiger partial charge is 0.490 e. The highest BCUT2D eigenvalue weighted by Crippen LogP contribution is 2.33. The van der Waals surface area contributed by atoms with E-state index in [4.69, 9.17) is 26.4 Å². The van der Waals surface area contributed by atoms with Crippen LogP contribution in [0.3, 0.4) is 0 Å². The molecule has 1 aromatic carbocycles. The third-order valence-corrected chi connectivity index (χ3v) is 4.74. The van der Waals surface area contributed by atoms with E-state index in [0.29, 0.717) is 36.3 Å². The number of allylic oxidation sites excluding steroid dienone is 1. The Balaban J connectivity index is 2.49. The SMILES string of the molecule is C=CCOc1cccc([C@@H]2NC(=S)N([C@H](C)COC)C(C)=C2C(=O)OCC)c1. The number of ether oxygens (including phenoxy) is 3. The first kappa shape index (κ1) is 21.9. The predicted molar refractivity (Wildman–Crippen MR) is 113 cm³/mol. The van der Waals surface area contributed by atoms with Gasteiger partial charge in [-0.3, -0.25) is 0 Å². The van der Waals surface area contributed by atoms with E-state index >= 15 is 0 Å². The molecule has 0 fully saturated rings. The maximum atomic E-state index is 12.8. The first-order valence-corrected chi connectivity index (χ1v) is 9.65. The summed E-state index contributed by atoms with van der Waals surface area (Å²) in [4.78, 5) is 14.7. The number of hydrogen-bond acceptors (Lipinski definition) is 5. The lowest BCUT2D eigenvalue weighted by atomic mass is 9.94. The van der Waals surface area contributed by atoms with Gasteiger partial charge in [0.1, 0.15) is 12.4 Å². The number of thiocarbonyl (C=S) groups is 1. The predicted octanol–water partition coefficient (Wildman–Crippen LogP) is 3.35. The minimum absolute atomic E-state index is 0.0300. The van der Waals surface area contributed by atoms with E-state index in [2.05, 4.69) is 11.9 Å². The third-order valence-electron chi connectivity index (χ3n) is 4.43. The minimum Gasteiger partial charge on any atom is -0.490 e. The van der Waals surface area contributed by atoms with Crippen LogP contribution in [-0.2, 0) is 14.3 Å². The molecule has 0 amide bonds. The molecule has 0 aromatic heterocycles. The van der Waals surface area contributed by atoms with Gasteiger partial charge in [0.2, 0.25) is 0 Å². The van der Waals surface area contributed by atoms with Crippen molar-refractivity contribution in [2.45, 2.75) is 32.9 Å². The van der Waals surface area contributed by atoms with Gasteiger partial charge in [-0.1, -0.05) is 24.8 Å². The second-order valence-electron chi connectivity index (χ2n) is 6.45. The lowest BCUT2D eigenvalue weighted by Gasteiger charge is -2.40. The van der Waals surface area contributed by atoms with Gasteiger partial charge in [-0.25, -0.2) is 4.79 Å². The molecule has 28 heavy (non-hydrogen) atoms. The van der Waals surface area contributed by atoms with Crippen molar-refractivity contribution >= 4 is 23.3 Å². The van der Waals surface area contributed by atoms with E-state index < -0.39 is 6.04 Å². The summed E-state index contributed by atoms with van der Waals surface area (Å²) in [6.07, 6.45) is 1.68. The molecule has 1 N–H and O–H groups in total. The van der Waals surface area contributed by atoms with Crippen molar-refractivity contribution < 1.29 is 19.0 Å². The van der Waals surface area contributed by atoms with Crippen LogP contribution in [0.5, 0.6) is 5.75 Å². The van der Waals surface area contributed by atoms with E-state index in [1.807, 2.05) is 43.0 Å². The van der Waals surface area contributed by atoms with Gasteiger partial charge >= 0.3 is 5.97 Å². The molecule has 0 saturated heterocycles. The van der Waals surface area contributed by atoms with Crippen LogP contribution in [-0.4, -0.2) is 49.0 Å². The molecule has 1 aliphatic rings. The Hall–Kier alpha value is -2.38. The van der Waals surface area contributed by atoms with Crippen LogP contribution in [0.1, 0.15) is 32.4 Å². The number of rotatable bonds is 9. The molecule has 1 heterocycles. The first-order chi connectivity index (χ1) is 13.4. The summed E-state index contributed by atoms with van der Waals surface area (Å²) < 4.78 is 16.2. The highest BCUT2D eigenvalue weighted by atomic mass is 32.1. The molecular weight excluding hydrogens is 376 g/mol. The number of esters is 1. The quantitative estimate of drug-likeness (QED) is 0.385. The summed E-state index contributed by atoms with van der Waals surface area (Å²) >= 11 is 5.61. The molecule has 0 bridgehead atoms. The molecule has 152 valence electrons. The lowest BCUT2D eigenvalue weighted by molar-refractivity contribution is -0.139. The van der Waals surface area contributed by atoms with Gasteiger partial charge in [-0.15, -0.1) is 0 Å². The fraction of sp³-hybridized carbons (Fsp3) is 0.429. The van der Waals surface area contributed by atoms with Crippen LogP contribution >= 0.6 is 12.2 Å². The Morgan fingerprint density at radius 1 is 1.46 bits per heavy atom. The van der Waals surface area contributed by atoms with Gasteiger partial charge in [-0.2, -0.15) is 0 Å². The van der Waals surface area contributed by atoms with Crippen molar-refractivity contribution in [3.63, 3.8) is 0 Å². The molecule has 0 radical (unpaired) electrons. The van der Waals surface area contributed by atoms with Crippen molar-refractivity contribution in [3.8, 4) is 5.75 Å². The Morgan fingerprint density at radius 3 is 2.86 bits per heavy atom. The van der Waals surface area contributed by atoms with E-state index in [1.54, 1.807) is 20.1 Å². The van der Waals surface area contributed by atoms with E-state index in [1.165, 1.54) is 0 Å². The van der Waals surface area contributed by atoms with Crippen LogP contribution in [0.15, 0.2) is 48.2 Å². The monoisotopic (exact) mass is 404 g/mol. The standard InChI is InChI=1S/C21H28N2O4S/c1-6-11-27-17-10-8-9-16(12-17)19-18(20(24)26-7-2)15(4)23(21(28)22-19)14(3)13-25-5/h6,8-10,12,14,19H,1,7,11,13H2,2-5H3,(H,22,28)/t14-,19+/m1/s1. The molecule has 0 saturated carbocycles. The van der Waals surface area contributed by atoms with Crippen LogP contribution in [0, 0.1) is 0 Å². The number of nitrogens with zero attached hydrogens (tertiary/aromatic N) is 1. The molecule has 1 aliphatic heterocycles. The summed E-state index contributed by atoms with van der Waals surface area (Å²) in [7, 11) is 1.64. The topological polar surface area (TPSA) is 60.0 Å². The Morgan fingerprint density at radius 2 is 2.21 bits per heavy atom. The van der Waals surface area contributed by atoms with E-state index in [9.17, 15) is 4.79 Å². The highest BCUT2D eigenvalue weighted by molar-refractivity contribution is 7.80. The smallest absolute Gasteiger partial charge is 0.338 e. The lowest BCUT2D eigenvalue weighted by Crippen LogP contribution is -2.52. The molecular formula is C21H28N2O4S. The molecule has 2 rings (SSSR count). The van der Waals surface area contributed by atoms with Gasteiger partial charge in [-0.05, 0) is 50.7 Å². The summed E-state index contributed by atoms with van der Waals surface area (Å²) in [5, 5.41) is 3.83. The van der Waals surface area contributed by atoms with Crippen molar-refractivity contribution in [1.29, 1.82) is 0 Å². The van der Waals surface area contributed by atoms with Gasteiger partial charge < -0.3 is 24.4 Å². The fourth-order valence-electron chi connectivity index (χ4n) is 3.27. The highest BCUT2D eigenvalue weighted by Gasteiger charge is 2.36. The molecule has 1 aromatic rings. The van der Waals surface area contributed by atoms with Crippen LogP contribution in [0.25, 0.3) is 0 Å². The Bertz CT molecular complexity index is 763. The molecule has 2 atom stereocenters. The maximum Gasteiger partial charge on any atom is 0.338 e. The molecule has 0 unspecified atom stereocenters. The van der Waals surface area contributed by atoms with Gasteiger partial charge in [0.05, 0.1) is 30.9 Å². The van der Waals surface area contributed by atoms with E-state index in [0.717, 1.165) is 11.3 Å². The summed E-state index contributed by atoms with van der Waals surface area (Å²) in [6, 6.07) is 7.12. The average molecular weight is 405 g/mol. The molecule has 6 nitrogen and oxygen atoms in total. The second kappa shape index (κ2) is 10.2. The summed E-state index contributed by atoms with van der Waals surface area (Å²) in [5.41, 5.74) is 2.15. The number of hydrogen-bond donors (Lipinski definition) is 1. The van der Waals surface area contributed by atoms with Crippen LogP contribution < -0.4 is 10.1 Å². The fourth-order valence-corrected chi connectivity index (χ4v) is 3.70. The molecule has 0 spiro atoms. The maximum absolute atomic E-state index is 12.8. The summed E-state index contributed by atoms with van der Waals surface area (Å²) in [6.45, 7) is 10.5. The van der Waals surface area contributed by atoms with Gasteiger partial charge in [0.15, 0.2) is 5.11 Å².